The Labute approximate surface area is 91.8 Å². The molecular weight excluding hydrogens is 221 g/mol. The number of nitrogens with two attached hydrogens (primary N) is 1. The van der Waals surface area contributed by atoms with Crippen molar-refractivity contribution in [3.05, 3.63) is 12.2 Å². The van der Waals surface area contributed by atoms with Crippen molar-refractivity contribution in [2.24, 2.45) is 17.6 Å². The lowest BCUT2D eigenvalue weighted by atomic mass is 10.2. The van der Waals surface area contributed by atoms with Gasteiger partial charge in [0.2, 0.25) is 0 Å². The summed E-state index contributed by atoms with van der Waals surface area (Å²) < 4.78 is 40.5. The van der Waals surface area contributed by atoms with Crippen molar-refractivity contribution in [3.8, 4) is 0 Å². The topological polar surface area (TPSA) is 47.3 Å². The van der Waals surface area contributed by atoms with Gasteiger partial charge in [-0.15, -0.1) is 0 Å². The van der Waals surface area contributed by atoms with E-state index in [2.05, 4.69) is 5.32 Å². The Morgan fingerprint density at radius 3 is 2.69 bits per heavy atom. The first-order chi connectivity index (χ1) is 7.38. The van der Waals surface area contributed by atoms with Crippen molar-refractivity contribution in [2.75, 3.05) is 6.61 Å². The molecule has 0 saturated heterocycles. The van der Waals surface area contributed by atoms with E-state index < -0.39 is 19.0 Å². The second kappa shape index (κ2) is 4.01. The van der Waals surface area contributed by atoms with E-state index in [-0.39, 0.29) is 12.1 Å². The van der Waals surface area contributed by atoms with E-state index in [0.717, 1.165) is 0 Å². The fourth-order valence-electron chi connectivity index (χ4n) is 2.27. The molecule has 0 amide bonds. The Hall–Kier alpha value is -0.590. The smallest absolute Gasteiger partial charge is 0.350 e. The molecular formula is C10H15F3N2O. The Kier molecular flexibility index (Phi) is 2.98. The minimum absolute atomic E-state index is 0.0496. The number of halogens is 3. The molecule has 0 aromatic carbocycles. The standard InChI is InChI=1S/C10H15F3N2O/c1-5(14)8-6-2-3-7(15-9(6)8)16-4-10(11,12)13/h2-3,5-9,15H,4,14H2,1H3. The Bertz CT molecular complexity index is 290. The molecule has 3 nitrogen and oxygen atoms in total. The molecule has 1 aliphatic carbocycles. The minimum Gasteiger partial charge on any atom is -0.350 e. The highest BCUT2D eigenvalue weighted by Gasteiger charge is 2.52. The zero-order chi connectivity index (χ0) is 11.9. The van der Waals surface area contributed by atoms with Crippen LogP contribution in [0.1, 0.15) is 6.92 Å². The molecule has 3 N–H and O–H groups in total. The van der Waals surface area contributed by atoms with Gasteiger partial charge in [-0.25, -0.2) is 0 Å². The number of ether oxygens (including phenoxy) is 1. The van der Waals surface area contributed by atoms with Crippen LogP contribution in [-0.2, 0) is 4.74 Å². The molecule has 1 aliphatic heterocycles. The van der Waals surface area contributed by atoms with Crippen molar-refractivity contribution in [3.63, 3.8) is 0 Å². The molecule has 6 heteroatoms. The van der Waals surface area contributed by atoms with Crippen molar-refractivity contribution in [1.29, 1.82) is 0 Å². The molecule has 0 aromatic heterocycles. The Morgan fingerprint density at radius 1 is 1.44 bits per heavy atom. The number of hydrogen-bond donors (Lipinski definition) is 2. The number of nitrogens with one attached hydrogen (secondary N) is 1. The summed E-state index contributed by atoms with van der Waals surface area (Å²) in [6.45, 7) is 0.680. The van der Waals surface area contributed by atoms with Crippen LogP contribution in [0.15, 0.2) is 12.2 Å². The van der Waals surface area contributed by atoms with Crippen LogP contribution in [0.25, 0.3) is 0 Å². The average Bonchev–Trinajstić information content (AvgIpc) is 2.86. The summed E-state index contributed by atoms with van der Waals surface area (Å²) in [5, 5.41) is 3.01. The summed E-state index contributed by atoms with van der Waals surface area (Å²) in [6.07, 6.45) is -1.39. The van der Waals surface area contributed by atoms with Gasteiger partial charge in [-0.1, -0.05) is 6.08 Å². The first kappa shape index (κ1) is 11.9. The summed E-state index contributed by atoms with van der Waals surface area (Å²) in [5.74, 6) is 0.668. The summed E-state index contributed by atoms with van der Waals surface area (Å²) in [6, 6.07) is 0.219. The van der Waals surface area contributed by atoms with Gasteiger partial charge in [-0.2, -0.15) is 13.2 Å². The maximum Gasteiger partial charge on any atom is 0.411 e. The maximum absolute atomic E-state index is 11.9. The second-order valence-corrected chi connectivity index (χ2v) is 4.44. The van der Waals surface area contributed by atoms with Crippen molar-refractivity contribution in [1.82, 2.24) is 5.32 Å². The third-order valence-electron chi connectivity index (χ3n) is 3.03. The molecule has 0 bridgehead atoms. The van der Waals surface area contributed by atoms with Gasteiger partial charge in [0.15, 0.2) is 0 Å². The number of alkyl halides is 3. The predicted octanol–water partition coefficient (Wildman–Crippen LogP) is 1.01. The largest absolute Gasteiger partial charge is 0.411 e. The molecule has 1 heterocycles. The summed E-state index contributed by atoms with van der Waals surface area (Å²) >= 11 is 0. The van der Waals surface area contributed by atoms with E-state index in [1.807, 2.05) is 13.0 Å². The van der Waals surface area contributed by atoms with Gasteiger partial charge in [-0.3, -0.25) is 5.32 Å². The van der Waals surface area contributed by atoms with Gasteiger partial charge in [0.25, 0.3) is 0 Å². The molecule has 16 heavy (non-hydrogen) atoms. The molecule has 1 saturated carbocycles. The lowest BCUT2D eigenvalue weighted by Crippen LogP contribution is -2.38. The fourth-order valence-corrected chi connectivity index (χ4v) is 2.27. The normalized spacial score (nSPS) is 39.3. The zero-order valence-electron chi connectivity index (χ0n) is 8.87. The Morgan fingerprint density at radius 2 is 2.12 bits per heavy atom. The summed E-state index contributed by atoms with van der Waals surface area (Å²) in [5.41, 5.74) is 5.75. The number of fused-ring (bicyclic) bond motifs is 1. The lowest BCUT2D eigenvalue weighted by Gasteiger charge is -2.19. The average molecular weight is 236 g/mol. The molecule has 92 valence electrons. The molecule has 0 aromatic rings. The van der Waals surface area contributed by atoms with Gasteiger partial charge >= 0.3 is 6.18 Å². The fraction of sp³-hybridized carbons (Fsp3) is 0.800. The van der Waals surface area contributed by atoms with E-state index in [4.69, 9.17) is 10.5 Å². The molecule has 0 radical (unpaired) electrons. The second-order valence-electron chi connectivity index (χ2n) is 4.44. The molecule has 1 fully saturated rings. The van der Waals surface area contributed by atoms with Crippen molar-refractivity contribution >= 4 is 0 Å². The van der Waals surface area contributed by atoms with Crippen molar-refractivity contribution in [2.45, 2.75) is 31.4 Å². The SMILES string of the molecule is CC(N)C1C2C=CC(OCC(F)(F)F)NC21. The number of rotatable bonds is 3. The molecule has 2 aliphatic rings. The third kappa shape index (κ3) is 2.56. The van der Waals surface area contributed by atoms with Gasteiger partial charge in [0, 0.05) is 12.1 Å². The maximum atomic E-state index is 11.9. The highest BCUT2D eigenvalue weighted by atomic mass is 19.4. The van der Waals surface area contributed by atoms with E-state index in [0.29, 0.717) is 11.8 Å². The molecule has 5 unspecified atom stereocenters. The van der Waals surface area contributed by atoms with Crippen LogP contribution in [-0.4, -0.2) is 31.1 Å². The number of hydrogen-bond acceptors (Lipinski definition) is 3. The quantitative estimate of drug-likeness (QED) is 0.719. The highest BCUT2D eigenvalue weighted by molar-refractivity contribution is 5.20. The van der Waals surface area contributed by atoms with Crippen molar-refractivity contribution < 1.29 is 17.9 Å². The first-order valence-electron chi connectivity index (χ1n) is 5.27. The predicted molar refractivity (Wildman–Crippen MR) is 52.5 cm³/mol. The molecule has 5 atom stereocenters. The molecule has 2 rings (SSSR count). The Balaban J connectivity index is 1.81. The summed E-state index contributed by atoms with van der Waals surface area (Å²) in [7, 11) is 0. The van der Waals surface area contributed by atoms with Crippen LogP contribution in [0.2, 0.25) is 0 Å². The van der Waals surface area contributed by atoms with Crippen LogP contribution >= 0.6 is 0 Å². The van der Waals surface area contributed by atoms with Crippen LogP contribution in [0, 0.1) is 11.8 Å². The van der Waals surface area contributed by atoms with Crippen LogP contribution < -0.4 is 11.1 Å². The van der Waals surface area contributed by atoms with E-state index in [1.165, 1.54) is 0 Å². The van der Waals surface area contributed by atoms with Gasteiger partial charge in [0.05, 0.1) is 0 Å². The van der Waals surface area contributed by atoms with Crippen LogP contribution in [0.3, 0.4) is 0 Å². The van der Waals surface area contributed by atoms with E-state index in [1.54, 1.807) is 6.08 Å². The minimum atomic E-state index is -4.28. The van der Waals surface area contributed by atoms with Gasteiger partial charge < -0.3 is 10.5 Å². The highest BCUT2D eigenvalue weighted by Crippen LogP contribution is 2.44. The molecule has 0 spiro atoms. The van der Waals surface area contributed by atoms with Gasteiger partial charge in [0.1, 0.15) is 12.8 Å². The van der Waals surface area contributed by atoms with Crippen LogP contribution in [0.5, 0.6) is 0 Å². The lowest BCUT2D eigenvalue weighted by molar-refractivity contribution is -0.183. The van der Waals surface area contributed by atoms with E-state index in [9.17, 15) is 13.2 Å². The first-order valence-corrected chi connectivity index (χ1v) is 5.27. The summed E-state index contributed by atoms with van der Waals surface area (Å²) in [4.78, 5) is 0. The van der Waals surface area contributed by atoms with Gasteiger partial charge in [-0.05, 0) is 24.8 Å². The third-order valence-corrected chi connectivity index (χ3v) is 3.03. The zero-order valence-corrected chi connectivity index (χ0v) is 8.87. The van der Waals surface area contributed by atoms with Crippen LogP contribution in [0.4, 0.5) is 13.2 Å². The monoisotopic (exact) mass is 236 g/mol. The van der Waals surface area contributed by atoms with E-state index >= 15 is 0 Å².